The number of rotatable bonds is 7. The molecule has 1 saturated heterocycles. The molecule has 1 aromatic heterocycles. The highest BCUT2D eigenvalue weighted by Crippen LogP contribution is 2.45. The van der Waals surface area contributed by atoms with Crippen molar-refractivity contribution in [3.8, 4) is 5.75 Å². The second kappa shape index (κ2) is 9.38. The van der Waals surface area contributed by atoms with Crippen LogP contribution < -0.4 is 15.8 Å². The van der Waals surface area contributed by atoms with Gasteiger partial charge in [-0.25, -0.2) is 4.98 Å². The number of aromatic nitrogens is 1. The van der Waals surface area contributed by atoms with Gasteiger partial charge in [-0.1, -0.05) is 19.1 Å². The molecule has 9 nitrogen and oxygen atoms in total. The van der Waals surface area contributed by atoms with Crippen LogP contribution in [0.4, 0.5) is 17.2 Å². The number of hydrogen-bond donors (Lipinski definition) is 2. The summed E-state index contributed by atoms with van der Waals surface area (Å²) in [5, 5.41) is 15.5. The van der Waals surface area contributed by atoms with E-state index in [0.717, 1.165) is 48.3 Å². The van der Waals surface area contributed by atoms with Gasteiger partial charge in [-0.3, -0.25) is 10.1 Å². The number of nitrogens with one attached hydrogen (secondary N) is 1. The molecule has 2 heterocycles. The van der Waals surface area contributed by atoms with E-state index in [1.807, 2.05) is 45.0 Å². The van der Waals surface area contributed by atoms with Gasteiger partial charge in [0.05, 0.1) is 25.2 Å². The summed E-state index contributed by atoms with van der Waals surface area (Å²) in [6.45, 7) is 7.24. The van der Waals surface area contributed by atoms with Crippen molar-refractivity contribution in [2.45, 2.75) is 58.2 Å². The van der Waals surface area contributed by atoms with Crippen molar-refractivity contribution in [1.82, 2.24) is 4.98 Å². The highest BCUT2D eigenvalue weighted by molar-refractivity contribution is 5.77. The van der Waals surface area contributed by atoms with Crippen LogP contribution in [0.3, 0.4) is 0 Å². The van der Waals surface area contributed by atoms with E-state index < -0.39 is 10.7 Å². The molecule has 34 heavy (non-hydrogen) atoms. The summed E-state index contributed by atoms with van der Waals surface area (Å²) in [5.74, 6) is 0.222. The Morgan fingerprint density at radius 2 is 1.91 bits per heavy atom. The highest BCUT2D eigenvalue weighted by Gasteiger charge is 2.38. The molecule has 1 aromatic carbocycles. The van der Waals surface area contributed by atoms with Gasteiger partial charge in [0, 0.05) is 23.2 Å². The van der Waals surface area contributed by atoms with Crippen molar-refractivity contribution in [3.05, 3.63) is 51.2 Å². The van der Waals surface area contributed by atoms with Gasteiger partial charge in [-0.2, -0.15) is 0 Å². The first-order valence-electron chi connectivity index (χ1n) is 11.7. The van der Waals surface area contributed by atoms with Crippen LogP contribution in [0.5, 0.6) is 5.75 Å². The van der Waals surface area contributed by atoms with Gasteiger partial charge < -0.3 is 25.3 Å². The number of nitrogen functional groups attached to an aromatic ring is 1. The summed E-state index contributed by atoms with van der Waals surface area (Å²) in [4.78, 5) is 16.1. The second-order valence-corrected chi connectivity index (χ2v) is 10.1. The molecular formula is C25H34N4O5. The number of nitrogens with two attached hydrogens (primary N) is 1. The molecule has 9 heteroatoms. The van der Waals surface area contributed by atoms with Crippen LogP contribution in [-0.4, -0.2) is 42.6 Å². The summed E-state index contributed by atoms with van der Waals surface area (Å²) >= 11 is 0. The van der Waals surface area contributed by atoms with Gasteiger partial charge in [0.15, 0.2) is 5.79 Å². The molecule has 0 amide bonds. The maximum Gasteiger partial charge on any atom is 0.334 e. The number of pyridine rings is 1. The van der Waals surface area contributed by atoms with Crippen molar-refractivity contribution < 1.29 is 19.1 Å². The third kappa shape index (κ3) is 5.10. The minimum absolute atomic E-state index is 0.0428. The Balaban J connectivity index is 1.67. The maximum atomic E-state index is 12.1. The molecular weight excluding hydrogens is 436 g/mol. The van der Waals surface area contributed by atoms with Crippen molar-refractivity contribution in [1.29, 1.82) is 0 Å². The molecule has 0 radical (unpaired) electrons. The van der Waals surface area contributed by atoms with E-state index in [1.54, 1.807) is 7.11 Å². The van der Waals surface area contributed by atoms with Crippen molar-refractivity contribution in [3.63, 3.8) is 0 Å². The van der Waals surface area contributed by atoms with Crippen LogP contribution in [0, 0.1) is 15.5 Å². The zero-order valence-corrected chi connectivity index (χ0v) is 20.3. The van der Waals surface area contributed by atoms with Gasteiger partial charge >= 0.3 is 5.69 Å². The first-order chi connectivity index (χ1) is 16.1. The fraction of sp³-hybridized carbons (Fsp3) is 0.560. The topological polar surface area (TPSA) is 122 Å². The molecule has 0 bridgehead atoms. The van der Waals surface area contributed by atoms with Gasteiger partial charge in [0.1, 0.15) is 11.4 Å². The molecule has 184 valence electrons. The third-order valence-corrected chi connectivity index (χ3v) is 6.74. The first kappa shape index (κ1) is 24.2. The zero-order chi connectivity index (χ0) is 24.5. The largest absolute Gasteiger partial charge is 0.497 e. The van der Waals surface area contributed by atoms with Crippen molar-refractivity contribution in [2.75, 3.05) is 37.9 Å². The average Bonchev–Trinajstić information content (AvgIpc) is 2.80. The number of nitro groups is 1. The molecule has 2 aromatic rings. The summed E-state index contributed by atoms with van der Waals surface area (Å²) in [6.07, 6.45) is 3.40. The Morgan fingerprint density at radius 1 is 1.24 bits per heavy atom. The number of ether oxygens (including phenoxy) is 3. The van der Waals surface area contributed by atoms with E-state index in [-0.39, 0.29) is 22.8 Å². The summed E-state index contributed by atoms with van der Waals surface area (Å²) in [5.41, 5.74) is 8.99. The van der Waals surface area contributed by atoms with Gasteiger partial charge in [-0.15, -0.1) is 0 Å². The monoisotopic (exact) mass is 470 g/mol. The third-order valence-electron chi connectivity index (χ3n) is 6.74. The summed E-state index contributed by atoms with van der Waals surface area (Å²) in [6, 6.07) is 7.96. The average molecular weight is 471 g/mol. The summed E-state index contributed by atoms with van der Waals surface area (Å²) < 4.78 is 17.0. The number of benzene rings is 1. The summed E-state index contributed by atoms with van der Waals surface area (Å²) in [7, 11) is 1.64. The molecule has 1 unspecified atom stereocenters. The molecule has 0 saturated carbocycles. The van der Waals surface area contributed by atoms with Gasteiger partial charge in [0.25, 0.3) is 0 Å². The predicted octanol–water partition coefficient (Wildman–Crippen LogP) is 4.44. The highest BCUT2D eigenvalue weighted by atomic mass is 16.7. The lowest BCUT2D eigenvalue weighted by Crippen LogP contribution is -2.48. The maximum absolute atomic E-state index is 12.1. The Kier molecular flexibility index (Phi) is 6.69. The van der Waals surface area contributed by atoms with Crippen LogP contribution in [0.25, 0.3) is 0 Å². The number of methoxy groups -OCH3 is 1. The SMILES string of the molecule is COc1ccc(CC2CCCc3nc(N)c([N+](=O)[O-])c(NCC4(C)COC(C)(C)OC4)c32)cc1. The first-order valence-corrected chi connectivity index (χ1v) is 11.7. The van der Waals surface area contributed by atoms with Crippen LogP contribution >= 0.6 is 0 Å². The van der Waals surface area contributed by atoms with E-state index in [9.17, 15) is 10.1 Å². The number of anilines is 2. The lowest BCUT2D eigenvalue weighted by atomic mass is 9.80. The van der Waals surface area contributed by atoms with E-state index >= 15 is 0 Å². The molecule has 0 spiro atoms. The molecule has 1 fully saturated rings. The van der Waals surface area contributed by atoms with E-state index in [1.165, 1.54) is 0 Å². The molecule has 3 N–H and O–H groups in total. The molecule has 1 atom stereocenters. The van der Waals surface area contributed by atoms with Crippen molar-refractivity contribution in [2.24, 2.45) is 5.41 Å². The van der Waals surface area contributed by atoms with E-state index in [0.29, 0.717) is 25.4 Å². The smallest absolute Gasteiger partial charge is 0.334 e. The minimum atomic E-state index is -0.630. The van der Waals surface area contributed by atoms with Crippen LogP contribution in [-0.2, 0) is 22.3 Å². The second-order valence-electron chi connectivity index (χ2n) is 10.1. The van der Waals surface area contributed by atoms with Crippen molar-refractivity contribution >= 4 is 17.2 Å². The number of hydrogen-bond acceptors (Lipinski definition) is 8. The lowest BCUT2D eigenvalue weighted by molar-refractivity contribution is -0.383. The standard InChI is InChI=1S/C25H34N4O5/c1-24(2)33-14-25(3,15-34-24)13-27-21-20-17(12-16-8-10-18(32-4)11-9-16)6-5-7-19(20)28-23(26)22(21)29(30)31/h8-11,17H,5-7,12-15H2,1-4H3,(H3,26,27,28). The predicted molar refractivity (Wildman–Crippen MR) is 130 cm³/mol. The van der Waals surface area contributed by atoms with Crippen LogP contribution in [0.2, 0.25) is 0 Å². The molecule has 2 aliphatic rings. The van der Waals surface area contributed by atoms with Crippen LogP contribution in [0.1, 0.15) is 56.4 Å². The number of nitrogens with zero attached hydrogens (tertiary/aromatic N) is 2. The normalized spacial score (nSPS) is 20.9. The Hall–Kier alpha value is -2.91. The quantitative estimate of drug-likeness (QED) is 0.450. The number of aryl methyl sites for hydroxylation is 1. The fourth-order valence-corrected chi connectivity index (χ4v) is 4.75. The Bertz CT molecular complexity index is 1040. The van der Waals surface area contributed by atoms with Crippen LogP contribution in [0.15, 0.2) is 24.3 Å². The lowest BCUT2D eigenvalue weighted by Gasteiger charge is -2.41. The fourth-order valence-electron chi connectivity index (χ4n) is 4.75. The molecule has 1 aliphatic carbocycles. The number of fused-ring (bicyclic) bond motifs is 1. The molecule has 1 aliphatic heterocycles. The van der Waals surface area contributed by atoms with E-state index in [2.05, 4.69) is 10.3 Å². The van der Waals surface area contributed by atoms with E-state index in [4.69, 9.17) is 19.9 Å². The van der Waals surface area contributed by atoms with Gasteiger partial charge in [-0.05, 0) is 63.1 Å². The Morgan fingerprint density at radius 3 is 2.53 bits per heavy atom. The Labute approximate surface area is 200 Å². The minimum Gasteiger partial charge on any atom is -0.497 e. The zero-order valence-electron chi connectivity index (χ0n) is 20.3. The molecule has 4 rings (SSSR count). The van der Waals surface area contributed by atoms with Gasteiger partial charge in [0.2, 0.25) is 5.82 Å².